The van der Waals surface area contributed by atoms with E-state index in [-0.39, 0.29) is 0 Å². The number of pyridine rings is 1. The quantitative estimate of drug-likeness (QED) is 0.849. The molecule has 1 aliphatic heterocycles. The Kier molecular flexibility index (Phi) is 3.92. The van der Waals surface area contributed by atoms with Crippen molar-refractivity contribution < 1.29 is 0 Å². The highest BCUT2D eigenvalue weighted by Crippen LogP contribution is 2.37. The molecule has 2 N–H and O–H groups in total. The first-order valence-corrected chi connectivity index (χ1v) is 8.11. The van der Waals surface area contributed by atoms with Gasteiger partial charge in [0.2, 0.25) is 0 Å². The second-order valence-electron chi connectivity index (χ2n) is 6.17. The number of fused-ring (bicyclic) bond motifs is 1. The number of hydrogen-bond donors (Lipinski definition) is 1. The molecule has 3 nitrogen and oxygen atoms in total. The van der Waals surface area contributed by atoms with Crippen molar-refractivity contribution in [2.75, 3.05) is 11.4 Å². The lowest BCUT2D eigenvalue weighted by atomic mass is 9.78. The minimum Gasteiger partial charge on any atom is -0.389 e. The number of nitrogens with two attached hydrogens (primary N) is 1. The molecule has 0 aromatic carbocycles. The van der Waals surface area contributed by atoms with Crippen molar-refractivity contribution in [2.24, 2.45) is 11.7 Å². The number of aromatic nitrogens is 1. The SMILES string of the molecule is Cc1cc(C(N)=S)cc(N2CCC[C@H]3CCCC[C@H]32)n1. The van der Waals surface area contributed by atoms with Crippen LogP contribution in [-0.2, 0) is 0 Å². The van der Waals surface area contributed by atoms with E-state index in [2.05, 4.69) is 11.0 Å². The second-order valence-corrected chi connectivity index (χ2v) is 6.61. The molecule has 1 saturated carbocycles. The third kappa shape index (κ3) is 2.66. The highest BCUT2D eigenvalue weighted by molar-refractivity contribution is 7.80. The molecular formula is C16H23N3S. The normalized spacial score (nSPS) is 26.1. The largest absolute Gasteiger partial charge is 0.389 e. The van der Waals surface area contributed by atoms with Crippen LogP contribution in [0.1, 0.15) is 49.8 Å². The summed E-state index contributed by atoms with van der Waals surface area (Å²) in [6.07, 6.45) is 8.10. The number of aryl methyl sites for hydroxylation is 1. The molecule has 20 heavy (non-hydrogen) atoms. The van der Waals surface area contributed by atoms with E-state index in [1.807, 2.05) is 13.0 Å². The summed E-state index contributed by atoms with van der Waals surface area (Å²) >= 11 is 5.13. The van der Waals surface area contributed by atoms with E-state index in [4.69, 9.17) is 22.9 Å². The van der Waals surface area contributed by atoms with Gasteiger partial charge < -0.3 is 10.6 Å². The number of rotatable bonds is 2. The summed E-state index contributed by atoms with van der Waals surface area (Å²) < 4.78 is 0. The zero-order valence-corrected chi connectivity index (χ0v) is 13.0. The van der Waals surface area contributed by atoms with Crippen LogP contribution < -0.4 is 10.6 Å². The molecule has 0 bridgehead atoms. The Balaban J connectivity index is 1.92. The first-order valence-electron chi connectivity index (χ1n) is 7.70. The van der Waals surface area contributed by atoms with Gasteiger partial charge in [-0.05, 0) is 50.7 Å². The number of piperidine rings is 1. The molecule has 2 aliphatic rings. The Morgan fingerprint density at radius 2 is 2.00 bits per heavy atom. The van der Waals surface area contributed by atoms with Crippen LogP contribution in [0.2, 0.25) is 0 Å². The van der Waals surface area contributed by atoms with E-state index >= 15 is 0 Å². The highest BCUT2D eigenvalue weighted by atomic mass is 32.1. The molecular weight excluding hydrogens is 266 g/mol. The maximum absolute atomic E-state index is 5.80. The molecule has 1 saturated heterocycles. The summed E-state index contributed by atoms with van der Waals surface area (Å²) in [6, 6.07) is 4.73. The predicted molar refractivity (Wildman–Crippen MR) is 87.2 cm³/mol. The maximum Gasteiger partial charge on any atom is 0.129 e. The minimum atomic E-state index is 0.467. The molecule has 0 spiro atoms. The van der Waals surface area contributed by atoms with E-state index in [9.17, 15) is 0 Å². The van der Waals surface area contributed by atoms with Crippen molar-refractivity contribution in [3.63, 3.8) is 0 Å². The summed E-state index contributed by atoms with van der Waals surface area (Å²) in [5, 5.41) is 0. The van der Waals surface area contributed by atoms with Gasteiger partial charge in [-0.2, -0.15) is 0 Å². The lowest BCUT2D eigenvalue weighted by Crippen LogP contribution is -2.47. The summed E-state index contributed by atoms with van der Waals surface area (Å²) in [7, 11) is 0. The van der Waals surface area contributed by atoms with Crippen molar-refractivity contribution in [1.29, 1.82) is 0 Å². The third-order valence-corrected chi connectivity index (χ3v) is 5.00. The zero-order chi connectivity index (χ0) is 14.1. The average Bonchev–Trinajstić information content (AvgIpc) is 2.46. The van der Waals surface area contributed by atoms with Gasteiger partial charge in [-0.25, -0.2) is 4.98 Å². The molecule has 2 atom stereocenters. The van der Waals surface area contributed by atoms with Gasteiger partial charge in [0.15, 0.2) is 0 Å². The van der Waals surface area contributed by atoms with E-state index in [1.54, 1.807) is 0 Å². The van der Waals surface area contributed by atoms with Gasteiger partial charge in [0, 0.05) is 23.8 Å². The fourth-order valence-corrected chi connectivity index (χ4v) is 3.97. The van der Waals surface area contributed by atoms with Gasteiger partial charge in [0.1, 0.15) is 10.8 Å². The van der Waals surface area contributed by atoms with Gasteiger partial charge in [-0.3, -0.25) is 0 Å². The van der Waals surface area contributed by atoms with Crippen LogP contribution in [0.5, 0.6) is 0 Å². The highest BCUT2D eigenvalue weighted by Gasteiger charge is 2.33. The van der Waals surface area contributed by atoms with Crippen molar-refractivity contribution in [1.82, 2.24) is 4.98 Å². The lowest BCUT2D eigenvalue weighted by molar-refractivity contribution is 0.242. The van der Waals surface area contributed by atoms with E-state index in [1.165, 1.54) is 38.5 Å². The maximum atomic E-state index is 5.80. The third-order valence-electron chi connectivity index (χ3n) is 4.76. The number of anilines is 1. The van der Waals surface area contributed by atoms with Crippen LogP contribution in [0, 0.1) is 12.8 Å². The molecule has 4 heteroatoms. The van der Waals surface area contributed by atoms with Gasteiger partial charge in [-0.1, -0.05) is 25.1 Å². The van der Waals surface area contributed by atoms with E-state index in [0.29, 0.717) is 11.0 Å². The van der Waals surface area contributed by atoms with Crippen LogP contribution in [0.3, 0.4) is 0 Å². The Morgan fingerprint density at radius 3 is 2.80 bits per heavy atom. The summed E-state index contributed by atoms with van der Waals surface area (Å²) in [4.78, 5) is 7.72. The minimum absolute atomic E-state index is 0.467. The monoisotopic (exact) mass is 289 g/mol. The Hall–Kier alpha value is -1.16. The zero-order valence-electron chi connectivity index (χ0n) is 12.1. The predicted octanol–water partition coefficient (Wildman–Crippen LogP) is 3.18. The van der Waals surface area contributed by atoms with Gasteiger partial charge in [-0.15, -0.1) is 0 Å². The van der Waals surface area contributed by atoms with Crippen LogP contribution in [0.4, 0.5) is 5.82 Å². The van der Waals surface area contributed by atoms with Crippen LogP contribution in [-0.4, -0.2) is 22.6 Å². The van der Waals surface area contributed by atoms with E-state index in [0.717, 1.165) is 29.5 Å². The van der Waals surface area contributed by atoms with Crippen molar-refractivity contribution >= 4 is 23.0 Å². The Labute approximate surface area is 126 Å². The topological polar surface area (TPSA) is 42.1 Å². The molecule has 2 fully saturated rings. The Bertz CT molecular complexity index is 512. The molecule has 0 amide bonds. The fourth-order valence-electron chi connectivity index (χ4n) is 3.85. The molecule has 108 valence electrons. The average molecular weight is 289 g/mol. The second kappa shape index (κ2) is 5.68. The first-order chi connectivity index (χ1) is 9.65. The summed E-state index contributed by atoms with van der Waals surface area (Å²) in [5.74, 6) is 1.93. The first kappa shape index (κ1) is 13.8. The molecule has 1 aliphatic carbocycles. The van der Waals surface area contributed by atoms with Crippen LogP contribution in [0.15, 0.2) is 12.1 Å². The molecule has 1 aromatic heterocycles. The molecule has 0 radical (unpaired) electrons. The van der Waals surface area contributed by atoms with Crippen molar-refractivity contribution in [3.05, 3.63) is 23.4 Å². The van der Waals surface area contributed by atoms with Crippen molar-refractivity contribution in [2.45, 2.75) is 51.5 Å². The lowest BCUT2D eigenvalue weighted by Gasteiger charge is -2.45. The van der Waals surface area contributed by atoms with Gasteiger partial charge in [0.05, 0.1) is 0 Å². The van der Waals surface area contributed by atoms with Crippen molar-refractivity contribution in [3.8, 4) is 0 Å². The van der Waals surface area contributed by atoms with Gasteiger partial charge >= 0.3 is 0 Å². The van der Waals surface area contributed by atoms with E-state index < -0.39 is 0 Å². The molecule has 0 unspecified atom stereocenters. The summed E-state index contributed by atoms with van der Waals surface area (Å²) in [5.41, 5.74) is 7.75. The molecule has 2 heterocycles. The number of hydrogen-bond acceptors (Lipinski definition) is 3. The number of thiocarbonyl (C=S) groups is 1. The summed E-state index contributed by atoms with van der Waals surface area (Å²) in [6.45, 7) is 3.14. The Morgan fingerprint density at radius 1 is 1.25 bits per heavy atom. The fraction of sp³-hybridized carbons (Fsp3) is 0.625. The smallest absolute Gasteiger partial charge is 0.129 e. The molecule has 1 aromatic rings. The van der Waals surface area contributed by atoms with Crippen LogP contribution in [0.25, 0.3) is 0 Å². The molecule has 3 rings (SSSR count). The number of nitrogens with zero attached hydrogens (tertiary/aromatic N) is 2. The standard InChI is InChI=1S/C16H23N3S/c1-11-9-13(16(17)20)10-15(18-11)19-8-4-6-12-5-2-3-7-14(12)19/h9-10,12,14H,2-8H2,1H3,(H2,17,20)/t12-,14-/m1/s1. The van der Waals surface area contributed by atoms with Gasteiger partial charge in [0.25, 0.3) is 0 Å². The van der Waals surface area contributed by atoms with Crippen LogP contribution >= 0.6 is 12.2 Å².